The monoisotopic (exact) mass is 500 g/mol. The summed E-state index contributed by atoms with van der Waals surface area (Å²) in [6.45, 7) is 5.46. The van der Waals surface area contributed by atoms with Crippen LogP contribution < -0.4 is 4.74 Å². The molecule has 1 amide bonds. The molecule has 1 aliphatic rings. The highest BCUT2D eigenvalue weighted by atomic mass is 79.9. The Hall–Kier alpha value is -2.64. The molecule has 0 aromatic heterocycles. The smallest absolute Gasteiger partial charge is 0.295 e. The first-order valence-corrected chi connectivity index (χ1v) is 11.5. The number of nitrogens with zero attached hydrogens (tertiary/aromatic N) is 2. The zero-order valence-electron chi connectivity index (χ0n) is 18.9. The van der Waals surface area contributed by atoms with Crippen LogP contribution in [0.1, 0.15) is 36.1 Å². The van der Waals surface area contributed by atoms with Gasteiger partial charge in [-0.05, 0) is 68.9 Å². The van der Waals surface area contributed by atoms with Crippen LogP contribution in [0.4, 0.5) is 0 Å². The Morgan fingerprint density at radius 2 is 1.84 bits per heavy atom. The van der Waals surface area contributed by atoms with Gasteiger partial charge in [-0.2, -0.15) is 0 Å². The van der Waals surface area contributed by atoms with E-state index in [4.69, 9.17) is 4.74 Å². The van der Waals surface area contributed by atoms with Gasteiger partial charge in [0.15, 0.2) is 0 Å². The van der Waals surface area contributed by atoms with Crippen molar-refractivity contribution in [2.45, 2.75) is 26.3 Å². The van der Waals surface area contributed by atoms with Crippen LogP contribution in [0, 0.1) is 6.92 Å². The number of rotatable bonds is 8. The van der Waals surface area contributed by atoms with Crippen molar-refractivity contribution in [1.82, 2.24) is 9.80 Å². The Balaban J connectivity index is 2.10. The lowest BCUT2D eigenvalue weighted by Gasteiger charge is -2.26. The Morgan fingerprint density at radius 3 is 2.44 bits per heavy atom. The first kappa shape index (κ1) is 24.0. The topological polar surface area (TPSA) is 70.1 Å². The minimum atomic E-state index is -0.667. The molecule has 1 heterocycles. The average molecular weight is 501 g/mol. The van der Waals surface area contributed by atoms with Gasteiger partial charge in [0.05, 0.1) is 18.2 Å². The van der Waals surface area contributed by atoms with E-state index in [1.54, 1.807) is 17.0 Å². The summed E-state index contributed by atoms with van der Waals surface area (Å²) in [5.74, 6) is -0.721. The summed E-state index contributed by atoms with van der Waals surface area (Å²) in [5, 5.41) is 11.3. The van der Waals surface area contributed by atoms with E-state index in [-0.39, 0.29) is 11.3 Å². The summed E-state index contributed by atoms with van der Waals surface area (Å²) < 4.78 is 6.56. The molecule has 32 heavy (non-hydrogen) atoms. The molecule has 0 saturated carbocycles. The van der Waals surface area contributed by atoms with Crippen LogP contribution in [-0.4, -0.2) is 60.4 Å². The fourth-order valence-corrected chi connectivity index (χ4v) is 4.03. The molecule has 0 spiro atoms. The van der Waals surface area contributed by atoms with Crippen LogP contribution in [0.3, 0.4) is 0 Å². The first-order chi connectivity index (χ1) is 15.2. The molecule has 170 valence electrons. The van der Waals surface area contributed by atoms with Crippen LogP contribution in [-0.2, 0) is 9.59 Å². The number of halogens is 1. The second-order valence-electron chi connectivity index (χ2n) is 8.17. The van der Waals surface area contributed by atoms with Crippen molar-refractivity contribution in [3.05, 3.63) is 69.2 Å². The Labute approximate surface area is 197 Å². The maximum atomic E-state index is 13.1. The fourth-order valence-electron chi connectivity index (χ4n) is 3.77. The minimum absolute atomic E-state index is 0.112. The molecular formula is C25H29BrN2O4. The third kappa shape index (κ3) is 5.05. The molecular weight excluding hydrogens is 472 g/mol. The predicted octanol–water partition coefficient (Wildman–Crippen LogP) is 4.53. The van der Waals surface area contributed by atoms with Gasteiger partial charge in [-0.25, -0.2) is 0 Å². The molecule has 1 atom stereocenters. The normalized spacial score (nSPS) is 17.9. The molecule has 0 bridgehead atoms. The quantitative estimate of drug-likeness (QED) is 0.327. The molecule has 3 rings (SSSR count). The number of amides is 1. The van der Waals surface area contributed by atoms with E-state index >= 15 is 0 Å². The SMILES string of the molecule is CCCOc1ccc(/C(O)=C2/C(=O)C(=O)N(CCN(C)C)C2c2ccc(Br)cc2)c(C)c1. The lowest BCUT2D eigenvalue weighted by Crippen LogP contribution is -2.35. The number of likely N-dealkylation sites (tertiary alicyclic amines) is 1. The van der Waals surface area contributed by atoms with Gasteiger partial charge in [0.1, 0.15) is 11.5 Å². The maximum absolute atomic E-state index is 13.1. The fraction of sp³-hybridized carbons (Fsp3) is 0.360. The van der Waals surface area contributed by atoms with Gasteiger partial charge in [0.2, 0.25) is 0 Å². The number of likely N-dealkylation sites (N-methyl/N-ethyl adjacent to an activating group) is 1. The second kappa shape index (κ2) is 10.3. The van der Waals surface area contributed by atoms with E-state index in [0.29, 0.717) is 31.0 Å². The Bertz CT molecular complexity index is 1030. The number of aliphatic hydroxyl groups excluding tert-OH is 1. The van der Waals surface area contributed by atoms with Crippen LogP contribution in [0.15, 0.2) is 52.5 Å². The third-order valence-corrected chi connectivity index (χ3v) is 5.97. The van der Waals surface area contributed by atoms with Gasteiger partial charge in [0.25, 0.3) is 11.7 Å². The standard InChI is InChI=1S/C25H29BrN2O4/c1-5-14-32-19-10-11-20(16(2)15-19)23(29)21-22(17-6-8-18(26)9-7-17)28(13-12-27(3)4)25(31)24(21)30/h6-11,15,22,29H,5,12-14H2,1-4H3/b23-21-. The zero-order valence-corrected chi connectivity index (χ0v) is 20.5. The molecule has 1 unspecified atom stereocenters. The molecule has 6 nitrogen and oxygen atoms in total. The van der Waals surface area contributed by atoms with Gasteiger partial charge < -0.3 is 19.6 Å². The molecule has 2 aromatic rings. The summed E-state index contributed by atoms with van der Waals surface area (Å²) in [6.07, 6.45) is 0.893. The van der Waals surface area contributed by atoms with Gasteiger partial charge >= 0.3 is 0 Å². The first-order valence-electron chi connectivity index (χ1n) is 10.7. The number of aliphatic hydroxyl groups is 1. The van der Waals surface area contributed by atoms with Crippen LogP contribution >= 0.6 is 15.9 Å². The van der Waals surface area contributed by atoms with Gasteiger partial charge in [-0.3, -0.25) is 9.59 Å². The largest absolute Gasteiger partial charge is 0.507 e. The van der Waals surface area contributed by atoms with E-state index < -0.39 is 17.7 Å². The van der Waals surface area contributed by atoms with E-state index in [1.165, 1.54) is 0 Å². The second-order valence-corrected chi connectivity index (χ2v) is 9.09. The molecule has 0 aliphatic carbocycles. The number of ether oxygens (including phenoxy) is 1. The van der Waals surface area contributed by atoms with Crippen molar-refractivity contribution in [2.24, 2.45) is 0 Å². The summed E-state index contributed by atoms with van der Waals surface area (Å²) in [6, 6.07) is 12.2. The van der Waals surface area contributed by atoms with Crippen molar-refractivity contribution < 1.29 is 19.4 Å². The van der Waals surface area contributed by atoms with Crippen molar-refractivity contribution >= 4 is 33.4 Å². The molecule has 2 aromatic carbocycles. The van der Waals surface area contributed by atoms with Crippen molar-refractivity contribution in [1.29, 1.82) is 0 Å². The van der Waals surface area contributed by atoms with Crippen LogP contribution in [0.25, 0.3) is 5.76 Å². The number of hydrogen-bond donors (Lipinski definition) is 1. The van der Waals surface area contributed by atoms with E-state index in [2.05, 4.69) is 15.9 Å². The maximum Gasteiger partial charge on any atom is 0.295 e. The molecule has 7 heteroatoms. The highest BCUT2D eigenvalue weighted by molar-refractivity contribution is 9.10. The van der Waals surface area contributed by atoms with Gasteiger partial charge in [-0.15, -0.1) is 0 Å². The van der Waals surface area contributed by atoms with E-state index in [1.807, 2.05) is 63.2 Å². The Kier molecular flexibility index (Phi) is 7.74. The number of aryl methyl sites for hydroxylation is 1. The number of Topliss-reactive ketones (excluding diaryl/α,β-unsaturated/α-hetero) is 1. The number of carbonyl (C=O) groups is 2. The molecule has 1 saturated heterocycles. The number of carbonyl (C=O) groups excluding carboxylic acids is 2. The third-order valence-electron chi connectivity index (χ3n) is 5.44. The van der Waals surface area contributed by atoms with Crippen LogP contribution in [0.5, 0.6) is 5.75 Å². The molecule has 1 fully saturated rings. The average Bonchev–Trinajstić information content (AvgIpc) is 3.01. The van der Waals surface area contributed by atoms with E-state index in [9.17, 15) is 14.7 Å². The summed E-state index contributed by atoms with van der Waals surface area (Å²) in [7, 11) is 3.83. The summed E-state index contributed by atoms with van der Waals surface area (Å²) in [4.78, 5) is 29.5. The number of benzene rings is 2. The van der Waals surface area contributed by atoms with Crippen molar-refractivity contribution in [2.75, 3.05) is 33.8 Å². The number of ketones is 1. The highest BCUT2D eigenvalue weighted by Crippen LogP contribution is 2.40. The number of hydrogen-bond acceptors (Lipinski definition) is 5. The lowest BCUT2D eigenvalue weighted by molar-refractivity contribution is -0.140. The van der Waals surface area contributed by atoms with Gasteiger partial charge in [-0.1, -0.05) is 35.0 Å². The van der Waals surface area contributed by atoms with Crippen LogP contribution in [0.2, 0.25) is 0 Å². The zero-order chi connectivity index (χ0) is 23.4. The van der Waals surface area contributed by atoms with Crippen molar-refractivity contribution in [3.63, 3.8) is 0 Å². The summed E-state index contributed by atoms with van der Waals surface area (Å²) >= 11 is 3.43. The molecule has 0 radical (unpaired) electrons. The summed E-state index contributed by atoms with van der Waals surface area (Å²) in [5.41, 5.74) is 2.17. The molecule has 1 N–H and O–H groups in total. The predicted molar refractivity (Wildman–Crippen MR) is 129 cm³/mol. The molecule has 1 aliphatic heterocycles. The Morgan fingerprint density at radius 1 is 1.16 bits per heavy atom. The highest BCUT2D eigenvalue weighted by Gasteiger charge is 2.46. The minimum Gasteiger partial charge on any atom is -0.507 e. The van der Waals surface area contributed by atoms with E-state index in [0.717, 1.165) is 22.0 Å². The van der Waals surface area contributed by atoms with Crippen molar-refractivity contribution in [3.8, 4) is 5.75 Å². The van der Waals surface area contributed by atoms with Gasteiger partial charge in [0, 0.05) is 23.1 Å². The lowest BCUT2D eigenvalue weighted by atomic mass is 9.94.